The van der Waals surface area contributed by atoms with E-state index < -0.39 is 10.7 Å². The lowest BCUT2D eigenvalue weighted by atomic mass is 11.0. The normalized spacial score (nSPS) is 10.1. The van der Waals surface area contributed by atoms with E-state index in [4.69, 9.17) is 0 Å². The minimum Gasteiger partial charge on any atom is -0.234 e. The third-order valence-corrected chi connectivity index (χ3v) is 2.34. The van der Waals surface area contributed by atoms with Crippen molar-refractivity contribution in [1.82, 2.24) is 4.98 Å². The topological polar surface area (TPSA) is 47.0 Å². The molecule has 0 aliphatic heterocycles. The van der Waals surface area contributed by atoms with E-state index in [1.54, 1.807) is 5.38 Å². The molecule has 0 fully saturated rings. The molecule has 1 rings (SSSR count). The van der Waals surface area contributed by atoms with Gasteiger partial charge in [-0.1, -0.05) is 0 Å². The van der Waals surface area contributed by atoms with E-state index in [2.05, 4.69) is 4.98 Å². The zero-order valence-corrected chi connectivity index (χ0v) is 5.48. The van der Waals surface area contributed by atoms with Crippen molar-refractivity contribution in [3.8, 4) is 0 Å². The van der Waals surface area contributed by atoms with Crippen molar-refractivity contribution in [2.75, 3.05) is 0 Å². The molecule has 0 bridgehead atoms. The van der Waals surface area contributed by atoms with Crippen LogP contribution in [0.3, 0.4) is 0 Å². The van der Waals surface area contributed by atoms with E-state index >= 15 is 0 Å². The van der Waals surface area contributed by atoms with Crippen LogP contribution in [0.5, 0.6) is 0 Å². The Hall–Kier alpha value is -0.420. The molecule has 1 aromatic rings. The zero-order chi connectivity index (χ0) is 5.98. The average Bonchev–Trinajstić information content (AvgIpc) is 2.12. The Morgan fingerprint density at radius 3 is 2.62 bits per heavy atom. The molecule has 1 aromatic heterocycles. The predicted octanol–water partition coefficient (Wildman–Crippen LogP) is 0.113. The van der Waals surface area contributed by atoms with Gasteiger partial charge in [-0.25, -0.2) is 13.4 Å². The van der Waals surface area contributed by atoms with Crippen LogP contribution < -0.4 is 0 Å². The van der Waals surface area contributed by atoms with Crippen LogP contribution in [0, 0.1) is 0 Å². The summed E-state index contributed by atoms with van der Waals surface area (Å²) in [6, 6.07) is 0. The molecule has 0 spiro atoms. The molecule has 44 valence electrons. The highest BCUT2D eigenvalue weighted by molar-refractivity contribution is 7.75. The summed E-state index contributed by atoms with van der Waals surface area (Å²) in [6.07, 6.45) is 1.46. The first kappa shape index (κ1) is 5.71. The SMILES string of the molecule is O=[SH](=O)c1nccs1. The third-order valence-electron chi connectivity index (χ3n) is 0.575. The lowest BCUT2D eigenvalue weighted by Gasteiger charge is -1.69. The first-order valence-electron chi connectivity index (χ1n) is 1.84. The molecule has 5 heteroatoms. The number of nitrogens with zero attached hydrogens (tertiary/aromatic N) is 1. The van der Waals surface area contributed by atoms with Crippen molar-refractivity contribution >= 4 is 22.0 Å². The van der Waals surface area contributed by atoms with E-state index in [1.165, 1.54) is 6.20 Å². The summed E-state index contributed by atoms with van der Waals surface area (Å²) in [5.41, 5.74) is 0. The summed E-state index contributed by atoms with van der Waals surface area (Å²) in [6.45, 7) is 0. The van der Waals surface area contributed by atoms with E-state index in [1.807, 2.05) is 0 Å². The highest BCUT2D eigenvalue weighted by Crippen LogP contribution is 2.03. The molecular weight excluding hydrogens is 146 g/mol. The number of hydrogen-bond acceptors (Lipinski definition) is 4. The van der Waals surface area contributed by atoms with Gasteiger partial charge in [0.2, 0.25) is 4.34 Å². The maximum atomic E-state index is 10.0. The highest BCUT2D eigenvalue weighted by Gasteiger charge is 1.92. The highest BCUT2D eigenvalue weighted by atomic mass is 32.2. The second-order valence-corrected chi connectivity index (χ2v) is 3.21. The Balaban J connectivity index is 3.11. The molecule has 0 saturated heterocycles. The molecule has 0 N–H and O–H groups in total. The van der Waals surface area contributed by atoms with Crippen LogP contribution in [0.1, 0.15) is 0 Å². The van der Waals surface area contributed by atoms with Crippen molar-refractivity contribution in [1.29, 1.82) is 0 Å². The van der Waals surface area contributed by atoms with E-state index in [0.717, 1.165) is 11.3 Å². The molecule has 3 nitrogen and oxygen atoms in total. The van der Waals surface area contributed by atoms with E-state index in [-0.39, 0.29) is 4.34 Å². The first-order valence-corrected chi connectivity index (χ1v) is 3.90. The van der Waals surface area contributed by atoms with Gasteiger partial charge < -0.3 is 0 Å². The fourth-order valence-electron chi connectivity index (χ4n) is 0.306. The maximum absolute atomic E-state index is 10.0. The molecule has 1 heterocycles. The Morgan fingerprint density at radius 2 is 2.38 bits per heavy atom. The first-order chi connectivity index (χ1) is 3.80. The predicted molar refractivity (Wildman–Crippen MR) is 30.7 cm³/mol. The Kier molecular flexibility index (Phi) is 1.59. The van der Waals surface area contributed by atoms with Crippen molar-refractivity contribution in [2.24, 2.45) is 0 Å². The number of hydrogen-bond donors (Lipinski definition) is 1. The molecular formula is C3H3NO2S2. The Morgan fingerprint density at radius 1 is 1.62 bits per heavy atom. The minimum atomic E-state index is -2.45. The van der Waals surface area contributed by atoms with Crippen LogP contribution in [-0.4, -0.2) is 13.4 Å². The Bertz CT molecular complexity index is 217. The van der Waals surface area contributed by atoms with Crippen molar-refractivity contribution in [3.63, 3.8) is 0 Å². The summed E-state index contributed by atoms with van der Waals surface area (Å²) in [4.78, 5) is 3.54. The lowest BCUT2D eigenvalue weighted by Crippen LogP contribution is -1.72. The van der Waals surface area contributed by atoms with Gasteiger partial charge >= 0.3 is 0 Å². The number of aromatic nitrogens is 1. The van der Waals surface area contributed by atoms with Crippen LogP contribution in [0.4, 0.5) is 0 Å². The minimum absolute atomic E-state index is 0.181. The van der Waals surface area contributed by atoms with Crippen LogP contribution in [0.2, 0.25) is 0 Å². The average molecular weight is 149 g/mol. The standard InChI is InChI=1S/C3H3NO2S2/c5-8(6)3-4-1-2-7-3/h1-2,8H. The number of rotatable bonds is 1. The second-order valence-electron chi connectivity index (χ2n) is 1.07. The second kappa shape index (κ2) is 2.23. The van der Waals surface area contributed by atoms with Crippen LogP contribution in [0.25, 0.3) is 0 Å². The molecule has 0 unspecified atom stereocenters. The summed E-state index contributed by atoms with van der Waals surface area (Å²) in [7, 11) is -2.45. The van der Waals surface area contributed by atoms with Crippen molar-refractivity contribution in [2.45, 2.75) is 4.34 Å². The van der Waals surface area contributed by atoms with Gasteiger partial charge in [0.15, 0.2) is 10.7 Å². The van der Waals surface area contributed by atoms with Crippen LogP contribution in [0.15, 0.2) is 15.9 Å². The van der Waals surface area contributed by atoms with Gasteiger partial charge in [-0.2, -0.15) is 0 Å². The van der Waals surface area contributed by atoms with Gasteiger partial charge in [0, 0.05) is 11.6 Å². The van der Waals surface area contributed by atoms with Crippen LogP contribution >= 0.6 is 11.3 Å². The molecule has 0 saturated carbocycles. The molecule has 0 amide bonds. The largest absolute Gasteiger partial charge is 0.234 e. The van der Waals surface area contributed by atoms with Gasteiger partial charge in [-0.3, -0.25) is 0 Å². The van der Waals surface area contributed by atoms with Gasteiger partial charge in [-0.15, -0.1) is 11.3 Å². The Labute approximate surface area is 51.9 Å². The zero-order valence-electron chi connectivity index (χ0n) is 3.77. The molecule has 0 aliphatic carbocycles. The summed E-state index contributed by atoms with van der Waals surface area (Å²) < 4.78 is 20.3. The molecule has 0 aliphatic rings. The fraction of sp³-hybridized carbons (Fsp3) is 0. The lowest BCUT2D eigenvalue weighted by molar-refractivity contribution is 0.614. The van der Waals surface area contributed by atoms with Crippen molar-refractivity contribution < 1.29 is 8.42 Å². The quantitative estimate of drug-likeness (QED) is 0.577. The molecule has 8 heavy (non-hydrogen) atoms. The smallest absolute Gasteiger partial charge is 0.206 e. The van der Waals surface area contributed by atoms with Gasteiger partial charge in [0.1, 0.15) is 0 Å². The van der Waals surface area contributed by atoms with Crippen LogP contribution in [-0.2, 0) is 10.7 Å². The number of thiazole rings is 1. The van der Waals surface area contributed by atoms with Crippen molar-refractivity contribution in [3.05, 3.63) is 11.6 Å². The maximum Gasteiger partial charge on any atom is 0.206 e. The van der Waals surface area contributed by atoms with E-state index in [9.17, 15) is 8.42 Å². The van der Waals surface area contributed by atoms with Gasteiger partial charge in [0.05, 0.1) is 0 Å². The summed E-state index contributed by atoms with van der Waals surface area (Å²) in [5, 5.41) is 1.63. The van der Waals surface area contributed by atoms with Gasteiger partial charge in [0.25, 0.3) is 0 Å². The monoisotopic (exact) mass is 149 g/mol. The molecule has 0 aromatic carbocycles. The number of thiol groups is 1. The molecule has 0 atom stereocenters. The summed E-state index contributed by atoms with van der Waals surface area (Å²) >= 11 is 1.12. The molecule has 0 radical (unpaired) electrons. The summed E-state index contributed by atoms with van der Waals surface area (Å²) in [5.74, 6) is 0. The fourth-order valence-corrected chi connectivity index (χ4v) is 1.36. The van der Waals surface area contributed by atoms with E-state index in [0.29, 0.717) is 0 Å². The third kappa shape index (κ3) is 1.05. The van der Waals surface area contributed by atoms with Gasteiger partial charge in [-0.05, 0) is 0 Å².